The summed E-state index contributed by atoms with van der Waals surface area (Å²) in [6.45, 7) is 0. The van der Waals surface area contributed by atoms with Crippen molar-refractivity contribution in [1.82, 2.24) is 9.97 Å². The van der Waals surface area contributed by atoms with E-state index in [4.69, 9.17) is 20.6 Å². The topological polar surface area (TPSA) is 94.1 Å². The van der Waals surface area contributed by atoms with Crippen LogP contribution in [0.4, 0.5) is 4.39 Å². The predicted octanol–water partition coefficient (Wildman–Crippen LogP) is 4.16. The number of thioether (sulfide) groups is 1. The van der Waals surface area contributed by atoms with Crippen LogP contribution in [-0.2, 0) is 0 Å². The maximum absolute atomic E-state index is 14.6. The fraction of sp³-hybridized carbons (Fsp3) is 0.150. The SMILES string of the molecule is COc1cc(F)c2c(c1)C(CSC(=N)N)c1cc(-c3cnccn3)ccc1O2. The summed E-state index contributed by atoms with van der Waals surface area (Å²) in [6, 6.07) is 8.70. The molecule has 0 fully saturated rings. The number of benzene rings is 2. The molecular weight excluding hydrogens is 379 g/mol. The number of amidine groups is 1. The van der Waals surface area contributed by atoms with E-state index >= 15 is 0 Å². The smallest absolute Gasteiger partial charge is 0.169 e. The molecule has 0 aliphatic carbocycles. The van der Waals surface area contributed by atoms with Gasteiger partial charge in [0.2, 0.25) is 0 Å². The summed E-state index contributed by atoms with van der Waals surface area (Å²) in [4.78, 5) is 8.45. The molecule has 142 valence electrons. The number of rotatable bonds is 4. The van der Waals surface area contributed by atoms with Crippen molar-refractivity contribution in [2.75, 3.05) is 12.9 Å². The van der Waals surface area contributed by atoms with Gasteiger partial charge in [-0.3, -0.25) is 15.4 Å². The third kappa shape index (κ3) is 3.38. The van der Waals surface area contributed by atoms with E-state index in [9.17, 15) is 4.39 Å². The number of aromatic nitrogens is 2. The molecular formula is C20H17FN4O2S. The number of halogens is 1. The zero-order valence-corrected chi connectivity index (χ0v) is 15.8. The summed E-state index contributed by atoms with van der Waals surface area (Å²) in [5, 5.41) is 7.57. The Bertz CT molecular complexity index is 1050. The molecule has 1 aromatic heterocycles. The summed E-state index contributed by atoms with van der Waals surface area (Å²) in [5.41, 5.74) is 8.69. The zero-order chi connectivity index (χ0) is 19.7. The maximum atomic E-state index is 14.6. The molecule has 0 spiro atoms. The molecule has 2 aromatic carbocycles. The van der Waals surface area contributed by atoms with Gasteiger partial charge in [-0.15, -0.1) is 0 Å². The molecule has 2 heterocycles. The lowest BCUT2D eigenvalue weighted by molar-refractivity contribution is 0.391. The quantitative estimate of drug-likeness (QED) is 0.508. The van der Waals surface area contributed by atoms with Crippen LogP contribution in [0, 0.1) is 11.2 Å². The van der Waals surface area contributed by atoms with Crippen molar-refractivity contribution >= 4 is 16.9 Å². The second-order valence-corrected chi connectivity index (χ2v) is 7.26. The van der Waals surface area contributed by atoms with Crippen LogP contribution in [-0.4, -0.2) is 28.0 Å². The van der Waals surface area contributed by atoms with Gasteiger partial charge in [0.1, 0.15) is 11.5 Å². The average Bonchev–Trinajstić information content (AvgIpc) is 2.71. The molecule has 28 heavy (non-hydrogen) atoms. The molecule has 0 amide bonds. The monoisotopic (exact) mass is 396 g/mol. The van der Waals surface area contributed by atoms with Gasteiger partial charge in [-0.1, -0.05) is 11.8 Å². The second kappa shape index (κ2) is 7.47. The Labute approximate surface area is 165 Å². The summed E-state index contributed by atoms with van der Waals surface area (Å²) in [5.74, 6) is 0.902. The number of hydrogen-bond acceptors (Lipinski definition) is 6. The lowest BCUT2D eigenvalue weighted by Gasteiger charge is -2.29. The molecule has 0 saturated carbocycles. The van der Waals surface area contributed by atoms with Gasteiger partial charge in [-0.25, -0.2) is 4.39 Å². The number of ether oxygens (including phenoxy) is 2. The Morgan fingerprint density at radius 3 is 2.86 bits per heavy atom. The van der Waals surface area contributed by atoms with Crippen LogP contribution in [0.2, 0.25) is 0 Å². The number of hydrogen-bond donors (Lipinski definition) is 2. The number of fused-ring (bicyclic) bond motifs is 2. The second-order valence-electron chi connectivity index (χ2n) is 6.20. The van der Waals surface area contributed by atoms with E-state index in [2.05, 4.69) is 9.97 Å². The first kappa shape index (κ1) is 18.2. The normalized spacial score (nSPS) is 14.6. The van der Waals surface area contributed by atoms with Crippen LogP contribution < -0.4 is 15.2 Å². The van der Waals surface area contributed by atoms with Gasteiger partial charge in [0.05, 0.1) is 19.0 Å². The van der Waals surface area contributed by atoms with E-state index in [0.29, 0.717) is 22.8 Å². The predicted molar refractivity (Wildman–Crippen MR) is 107 cm³/mol. The van der Waals surface area contributed by atoms with Gasteiger partial charge in [0.15, 0.2) is 16.7 Å². The summed E-state index contributed by atoms with van der Waals surface area (Å²) in [6.07, 6.45) is 4.92. The highest BCUT2D eigenvalue weighted by Gasteiger charge is 2.31. The van der Waals surface area contributed by atoms with Crippen molar-refractivity contribution in [3.8, 4) is 28.5 Å². The van der Waals surface area contributed by atoms with Gasteiger partial charge >= 0.3 is 0 Å². The minimum atomic E-state index is -0.490. The fourth-order valence-electron chi connectivity index (χ4n) is 3.22. The highest BCUT2D eigenvalue weighted by atomic mass is 32.2. The van der Waals surface area contributed by atoms with Crippen molar-refractivity contribution in [2.45, 2.75) is 5.92 Å². The Kier molecular flexibility index (Phi) is 4.87. The van der Waals surface area contributed by atoms with E-state index in [-0.39, 0.29) is 16.8 Å². The standard InChI is InChI=1S/C20H17FN4O2S/c1-26-12-7-14-15(10-28-20(22)23)13-6-11(17-9-24-4-5-25-17)2-3-18(13)27-19(14)16(21)8-12/h2-9,15H,10H2,1H3,(H3,22,23). The fourth-order valence-corrected chi connectivity index (χ4v) is 3.93. The average molecular weight is 396 g/mol. The van der Waals surface area contributed by atoms with E-state index < -0.39 is 5.82 Å². The van der Waals surface area contributed by atoms with Crippen LogP contribution in [0.5, 0.6) is 17.2 Å². The Balaban J connectivity index is 1.84. The van der Waals surface area contributed by atoms with E-state index in [0.717, 1.165) is 16.8 Å². The van der Waals surface area contributed by atoms with Gasteiger partial charge < -0.3 is 15.2 Å². The molecule has 1 aliphatic rings. The third-order valence-electron chi connectivity index (χ3n) is 4.52. The lowest BCUT2D eigenvalue weighted by Crippen LogP contribution is -2.16. The minimum absolute atomic E-state index is 0.00282. The van der Waals surface area contributed by atoms with E-state index in [1.54, 1.807) is 30.7 Å². The molecule has 3 aromatic rings. The van der Waals surface area contributed by atoms with Crippen molar-refractivity contribution < 1.29 is 13.9 Å². The zero-order valence-electron chi connectivity index (χ0n) is 15.0. The molecule has 6 nitrogen and oxygen atoms in total. The number of nitrogens with two attached hydrogens (primary N) is 1. The first-order chi connectivity index (χ1) is 13.6. The molecule has 1 aliphatic heterocycles. The van der Waals surface area contributed by atoms with Crippen LogP contribution in [0.15, 0.2) is 48.9 Å². The lowest BCUT2D eigenvalue weighted by atomic mass is 9.88. The van der Waals surface area contributed by atoms with E-state index in [1.165, 1.54) is 24.9 Å². The van der Waals surface area contributed by atoms with Gasteiger partial charge in [0.25, 0.3) is 0 Å². The molecule has 4 rings (SSSR count). The summed E-state index contributed by atoms with van der Waals surface area (Å²) < 4.78 is 25.7. The maximum Gasteiger partial charge on any atom is 0.169 e. The summed E-state index contributed by atoms with van der Waals surface area (Å²) in [7, 11) is 1.49. The molecule has 1 atom stereocenters. The summed E-state index contributed by atoms with van der Waals surface area (Å²) >= 11 is 1.20. The van der Waals surface area contributed by atoms with Gasteiger partial charge in [-0.05, 0) is 24.3 Å². The molecule has 1 unspecified atom stereocenters. The Hall–Kier alpha value is -3.13. The number of methoxy groups -OCH3 is 1. The van der Waals surface area contributed by atoms with Gasteiger partial charge in [0, 0.05) is 46.8 Å². The van der Waals surface area contributed by atoms with Crippen LogP contribution in [0.1, 0.15) is 17.0 Å². The van der Waals surface area contributed by atoms with Crippen LogP contribution >= 0.6 is 11.8 Å². The third-order valence-corrected chi connectivity index (χ3v) is 5.33. The molecule has 3 N–H and O–H groups in total. The highest BCUT2D eigenvalue weighted by Crippen LogP contribution is 2.48. The van der Waals surface area contributed by atoms with Crippen molar-refractivity contribution in [1.29, 1.82) is 5.41 Å². The highest BCUT2D eigenvalue weighted by molar-refractivity contribution is 8.13. The first-order valence-electron chi connectivity index (χ1n) is 8.49. The molecule has 0 bridgehead atoms. The van der Waals surface area contributed by atoms with Crippen LogP contribution in [0.25, 0.3) is 11.3 Å². The minimum Gasteiger partial charge on any atom is -0.497 e. The van der Waals surface area contributed by atoms with Crippen molar-refractivity contribution in [3.63, 3.8) is 0 Å². The van der Waals surface area contributed by atoms with Crippen LogP contribution in [0.3, 0.4) is 0 Å². The molecule has 0 radical (unpaired) electrons. The molecule has 0 saturated heterocycles. The van der Waals surface area contributed by atoms with Crippen molar-refractivity contribution in [2.24, 2.45) is 5.73 Å². The number of nitrogens with zero attached hydrogens (tertiary/aromatic N) is 2. The van der Waals surface area contributed by atoms with E-state index in [1.807, 2.05) is 12.1 Å². The largest absolute Gasteiger partial charge is 0.497 e. The molecule has 8 heteroatoms. The number of nitrogens with one attached hydrogen (secondary N) is 1. The van der Waals surface area contributed by atoms with Gasteiger partial charge in [-0.2, -0.15) is 0 Å². The Morgan fingerprint density at radius 2 is 2.14 bits per heavy atom. The Morgan fingerprint density at radius 1 is 1.29 bits per heavy atom. The van der Waals surface area contributed by atoms with Crippen molar-refractivity contribution in [3.05, 3.63) is 65.9 Å². The first-order valence-corrected chi connectivity index (χ1v) is 9.48.